The summed E-state index contributed by atoms with van der Waals surface area (Å²) in [6.07, 6.45) is 0.692. The normalized spacial score (nSPS) is 12.3. The van der Waals surface area contributed by atoms with E-state index in [0.717, 1.165) is 11.1 Å². The topological polar surface area (TPSA) is 63.4 Å². The Kier molecular flexibility index (Phi) is 6.65. The van der Waals surface area contributed by atoms with Crippen molar-refractivity contribution in [1.82, 2.24) is 4.31 Å². The molecule has 0 amide bonds. The van der Waals surface area contributed by atoms with E-state index in [1.54, 1.807) is 4.31 Å². The van der Waals surface area contributed by atoms with Gasteiger partial charge in [-0.25, -0.2) is 8.42 Å². The molecule has 1 aromatic carbocycles. The molecule has 0 bridgehead atoms. The molecule has 0 aliphatic heterocycles. The predicted octanol–water partition coefficient (Wildman–Crippen LogP) is 2.34. The number of hydrogen-bond donors (Lipinski definition) is 1. The van der Waals surface area contributed by atoms with Crippen molar-refractivity contribution in [2.24, 2.45) is 11.7 Å². The highest BCUT2D eigenvalue weighted by atomic mass is 32.2. The average molecular weight is 298 g/mol. The lowest BCUT2D eigenvalue weighted by Gasteiger charge is -2.22. The second-order valence-corrected chi connectivity index (χ2v) is 7.49. The number of rotatable bonds is 8. The van der Waals surface area contributed by atoms with E-state index in [-0.39, 0.29) is 5.75 Å². The van der Waals surface area contributed by atoms with Crippen LogP contribution in [0.5, 0.6) is 0 Å². The molecule has 0 aliphatic rings. The highest BCUT2D eigenvalue weighted by molar-refractivity contribution is 7.89. The molecule has 0 saturated carbocycles. The van der Waals surface area contributed by atoms with Crippen LogP contribution in [0.3, 0.4) is 0 Å². The Hall–Kier alpha value is -0.910. The van der Waals surface area contributed by atoms with E-state index >= 15 is 0 Å². The summed E-state index contributed by atoms with van der Waals surface area (Å²) < 4.78 is 26.3. The minimum atomic E-state index is -3.20. The zero-order chi connectivity index (χ0) is 15.2. The zero-order valence-corrected chi connectivity index (χ0v) is 13.5. The van der Waals surface area contributed by atoms with Crippen LogP contribution in [0, 0.1) is 5.92 Å². The molecule has 20 heavy (non-hydrogen) atoms. The van der Waals surface area contributed by atoms with Gasteiger partial charge in [-0.15, -0.1) is 0 Å². The highest BCUT2D eigenvalue weighted by Crippen LogP contribution is 2.15. The predicted molar refractivity (Wildman–Crippen MR) is 83.7 cm³/mol. The van der Waals surface area contributed by atoms with Gasteiger partial charge in [-0.1, -0.05) is 45.0 Å². The van der Waals surface area contributed by atoms with Crippen LogP contribution >= 0.6 is 0 Å². The smallest absolute Gasteiger partial charge is 0.214 e. The first-order chi connectivity index (χ1) is 9.40. The Balaban J connectivity index is 2.86. The van der Waals surface area contributed by atoms with Crippen LogP contribution in [-0.4, -0.2) is 25.0 Å². The molecule has 1 rings (SSSR count). The number of nitrogens with two attached hydrogens (primary N) is 1. The molecule has 1 aromatic rings. The Morgan fingerprint density at radius 3 is 2.30 bits per heavy atom. The van der Waals surface area contributed by atoms with E-state index < -0.39 is 10.0 Å². The summed E-state index contributed by atoms with van der Waals surface area (Å²) in [7, 11) is -3.20. The quantitative estimate of drug-likeness (QED) is 0.801. The maximum atomic E-state index is 12.4. The molecule has 114 valence electrons. The fourth-order valence-electron chi connectivity index (χ4n) is 2.02. The van der Waals surface area contributed by atoms with Gasteiger partial charge in [0.05, 0.1) is 5.75 Å². The van der Waals surface area contributed by atoms with Crippen molar-refractivity contribution in [2.75, 3.05) is 12.3 Å². The maximum absolute atomic E-state index is 12.4. The maximum Gasteiger partial charge on any atom is 0.214 e. The second-order valence-electron chi connectivity index (χ2n) is 5.40. The third-order valence-corrected chi connectivity index (χ3v) is 5.31. The molecular weight excluding hydrogens is 272 g/mol. The van der Waals surface area contributed by atoms with Gasteiger partial charge in [-0.2, -0.15) is 4.31 Å². The third-order valence-electron chi connectivity index (χ3n) is 3.38. The summed E-state index contributed by atoms with van der Waals surface area (Å²) in [5.41, 5.74) is 7.70. The van der Waals surface area contributed by atoms with E-state index in [9.17, 15) is 8.42 Å². The van der Waals surface area contributed by atoms with Crippen LogP contribution in [0.25, 0.3) is 0 Å². The number of benzene rings is 1. The van der Waals surface area contributed by atoms with Crippen molar-refractivity contribution in [1.29, 1.82) is 0 Å². The van der Waals surface area contributed by atoms with Gasteiger partial charge in [-0.05, 0) is 23.5 Å². The average Bonchev–Trinajstić information content (AvgIpc) is 2.42. The molecule has 0 aliphatic carbocycles. The first kappa shape index (κ1) is 17.1. The van der Waals surface area contributed by atoms with Gasteiger partial charge >= 0.3 is 0 Å². The van der Waals surface area contributed by atoms with Gasteiger partial charge in [0.15, 0.2) is 0 Å². The van der Waals surface area contributed by atoms with Gasteiger partial charge in [-0.3, -0.25) is 0 Å². The highest BCUT2D eigenvalue weighted by Gasteiger charge is 2.21. The lowest BCUT2D eigenvalue weighted by molar-refractivity contribution is 0.418. The number of sulfonamides is 1. The van der Waals surface area contributed by atoms with Crippen LogP contribution in [0.15, 0.2) is 24.3 Å². The van der Waals surface area contributed by atoms with Crippen LogP contribution in [0.4, 0.5) is 0 Å². The Morgan fingerprint density at radius 1 is 1.20 bits per heavy atom. The molecule has 4 nitrogen and oxygen atoms in total. The molecular formula is C15H26N2O2S. The molecule has 0 unspecified atom stereocenters. The summed E-state index contributed by atoms with van der Waals surface area (Å²) >= 11 is 0. The summed E-state index contributed by atoms with van der Waals surface area (Å²) in [5.74, 6) is 0.600. The largest absolute Gasteiger partial charge is 0.326 e. The van der Waals surface area contributed by atoms with E-state index in [4.69, 9.17) is 5.73 Å². The van der Waals surface area contributed by atoms with Gasteiger partial charge in [0.25, 0.3) is 0 Å². The van der Waals surface area contributed by atoms with Crippen molar-refractivity contribution >= 4 is 10.0 Å². The van der Waals surface area contributed by atoms with Crippen molar-refractivity contribution < 1.29 is 8.42 Å². The molecule has 0 heterocycles. The lowest BCUT2D eigenvalue weighted by atomic mass is 10.1. The van der Waals surface area contributed by atoms with E-state index in [2.05, 4.69) is 0 Å². The van der Waals surface area contributed by atoms with Gasteiger partial charge < -0.3 is 5.73 Å². The van der Waals surface area contributed by atoms with E-state index in [1.165, 1.54) is 0 Å². The standard InChI is InChI=1S/C15H26N2O2S/c1-4-17(20(18,19)10-9-13(2)3)12-15-8-6-5-7-14(15)11-16/h5-8,13H,4,9-12,16H2,1-3H3. The monoisotopic (exact) mass is 298 g/mol. The summed E-state index contributed by atoms with van der Waals surface area (Å²) in [4.78, 5) is 0. The Morgan fingerprint density at radius 2 is 1.80 bits per heavy atom. The zero-order valence-electron chi connectivity index (χ0n) is 12.7. The molecule has 0 saturated heterocycles. The first-order valence-corrected chi connectivity index (χ1v) is 8.76. The van der Waals surface area contributed by atoms with Crippen LogP contribution in [0.1, 0.15) is 38.3 Å². The molecule has 5 heteroatoms. The van der Waals surface area contributed by atoms with Crippen molar-refractivity contribution in [3.63, 3.8) is 0 Å². The molecule has 0 radical (unpaired) electrons. The van der Waals surface area contributed by atoms with Gasteiger partial charge in [0.2, 0.25) is 10.0 Å². The van der Waals surface area contributed by atoms with Crippen molar-refractivity contribution in [3.8, 4) is 0 Å². The van der Waals surface area contributed by atoms with E-state index in [0.29, 0.717) is 32.0 Å². The molecule has 0 fully saturated rings. The van der Waals surface area contributed by atoms with Gasteiger partial charge in [0, 0.05) is 19.6 Å². The second kappa shape index (κ2) is 7.76. The summed E-state index contributed by atoms with van der Waals surface area (Å²) in [5, 5.41) is 0. The molecule has 0 aromatic heterocycles. The Bertz CT molecular complexity index is 512. The van der Waals surface area contributed by atoms with Crippen molar-refractivity contribution in [2.45, 2.75) is 40.3 Å². The Labute approximate surface area is 123 Å². The fraction of sp³-hybridized carbons (Fsp3) is 0.600. The van der Waals surface area contributed by atoms with Crippen LogP contribution < -0.4 is 5.73 Å². The molecule has 2 N–H and O–H groups in total. The third kappa shape index (κ3) is 4.89. The number of hydrogen-bond acceptors (Lipinski definition) is 3. The van der Waals surface area contributed by atoms with E-state index in [1.807, 2.05) is 45.0 Å². The van der Waals surface area contributed by atoms with Crippen LogP contribution in [0.2, 0.25) is 0 Å². The van der Waals surface area contributed by atoms with Crippen LogP contribution in [-0.2, 0) is 23.1 Å². The fourth-order valence-corrected chi connectivity index (χ4v) is 3.78. The van der Waals surface area contributed by atoms with Crippen molar-refractivity contribution in [3.05, 3.63) is 35.4 Å². The lowest BCUT2D eigenvalue weighted by Crippen LogP contribution is -2.33. The SMILES string of the molecule is CCN(Cc1ccccc1CN)S(=O)(=O)CCC(C)C. The number of nitrogens with zero attached hydrogens (tertiary/aromatic N) is 1. The van der Waals surface area contributed by atoms with Gasteiger partial charge in [0.1, 0.15) is 0 Å². The molecule has 0 spiro atoms. The summed E-state index contributed by atoms with van der Waals surface area (Å²) in [6.45, 7) is 7.27. The first-order valence-electron chi connectivity index (χ1n) is 7.15. The minimum absolute atomic E-state index is 0.212. The molecule has 0 atom stereocenters. The summed E-state index contributed by atoms with van der Waals surface area (Å²) in [6, 6.07) is 7.74. The minimum Gasteiger partial charge on any atom is -0.326 e.